The maximum Gasteiger partial charge on any atom is 0.270 e. The highest BCUT2D eigenvalue weighted by molar-refractivity contribution is 7.89. The Morgan fingerprint density at radius 1 is 1.27 bits per heavy atom. The summed E-state index contributed by atoms with van der Waals surface area (Å²) in [6.07, 6.45) is 1.56. The highest BCUT2D eigenvalue weighted by Gasteiger charge is 2.37. The fourth-order valence-electron chi connectivity index (χ4n) is 2.69. The molecule has 116 valence electrons. The van der Waals surface area contributed by atoms with Crippen molar-refractivity contribution in [1.82, 2.24) is 4.31 Å². The van der Waals surface area contributed by atoms with Gasteiger partial charge in [0.25, 0.3) is 5.69 Å². The molecule has 0 radical (unpaired) electrons. The summed E-state index contributed by atoms with van der Waals surface area (Å²) in [7, 11) is -3.73. The van der Waals surface area contributed by atoms with Crippen LogP contribution in [-0.4, -0.2) is 24.2 Å². The molecule has 0 bridgehead atoms. The number of hydrogen-bond donors (Lipinski definition) is 0. The lowest BCUT2D eigenvalue weighted by Crippen LogP contribution is -2.30. The van der Waals surface area contributed by atoms with Crippen LogP contribution in [0.4, 0.5) is 5.69 Å². The predicted molar refractivity (Wildman–Crippen MR) is 83.3 cm³/mol. The van der Waals surface area contributed by atoms with E-state index < -0.39 is 14.9 Å². The van der Waals surface area contributed by atoms with Crippen LogP contribution < -0.4 is 0 Å². The van der Waals surface area contributed by atoms with Gasteiger partial charge >= 0.3 is 0 Å². The van der Waals surface area contributed by atoms with Crippen LogP contribution in [0.5, 0.6) is 0 Å². The van der Waals surface area contributed by atoms with Gasteiger partial charge in [-0.3, -0.25) is 10.1 Å². The molecule has 1 aliphatic heterocycles. The van der Waals surface area contributed by atoms with E-state index in [-0.39, 0.29) is 16.6 Å². The molecule has 1 unspecified atom stereocenters. The van der Waals surface area contributed by atoms with Gasteiger partial charge in [-0.2, -0.15) is 4.31 Å². The van der Waals surface area contributed by atoms with E-state index in [9.17, 15) is 18.5 Å². The Balaban J connectivity index is 1.99. The Morgan fingerprint density at radius 3 is 2.77 bits per heavy atom. The van der Waals surface area contributed by atoms with Crippen molar-refractivity contribution in [3.8, 4) is 0 Å². The maximum absolute atomic E-state index is 12.8. The lowest BCUT2D eigenvalue weighted by molar-refractivity contribution is -0.385. The van der Waals surface area contributed by atoms with Gasteiger partial charge in [-0.25, -0.2) is 8.42 Å². The predicted octanol–water partition coefficient (Wildman–Crippen LogP) is 3.18. The molecular formula is C14H14N2O4S2. The third kappa shape index (κ3) is 2.65. The summed E-state index contributed by atoms with van der Waals surface area (Å²) < 4.78 is 27.1. The Hall–Kier alpha value is -1.77. The summed E-state index contributed by atoms with van der Waals surface area (Å²) in [5, 5.41) is 12.8. The molecule has 1 aromatic carbocycles. The van der Waals surface area contributed by atoms with Gasteiger partial charge in [0.15, 0.2) is 0 Å². The van der Waals surface area contributed by atoms with Crippen molar-refractivity contribution >= 4 is 27.0 Å². The molecule has 1 fully saturated rings. The van der Waals surface area contributed by atoms with E-state index in [1.54, 1.807) is 0 Å². The molecule has 3 rings (SSSR count). The lowest BCUT2D eigenvalue weighted by Gasteiger charge is -2.23. The molecule has 2 aromatic rings. The average molecular weight is 338 g/mol. The zero-order chi connectivity index (χ0) is 15.7. The quantitative estimate of drug-likeness (QED) is 0.633. The van der Waals surface area contributed by atoms with Crippen molar-refractivity contribution in [3.05, 3.63) is 56.8 Å². The van der Waals surface area contributed by atoms with Gasteiger partial charge in [0.05, 0.1) is 15.9 Å². The van der Waals surface area contributed by atoms with Crippen molar-refractivity contribution in [2.45, 2.75) is 23.8 Å². The summed E-state index contributed by atoms with van der Waals surface area (Å²) in [4.78, 5) is 11.3. The first kappa shape index (κ1) is 15.1. The SMILES string of the molecule is O=[N+]([O-])c1cccc(S(=O)(=O)N2CCCC2c2cccs2)c1. The number of thiophene rings is 1. The van der Waals surface area contributed by atoms with E-state index in [1.165, 1.54) is 33.8 Å². The van der Waals surface area contributed by atoms with E-state index in [4.69, 9.17) is 0 Å². The summed E-state index contributed by atoms with van der Waals surface area (Å²) in [5.41, 5.74) is -0.215. The maximum atomic E-state index is 12.8. The van der Waals surface area contributed by atoms with Crippen LogP contribution in [0.15, 0.2) is 46.7 Å². The number of nitrogens with zero attached hydrogens (tertiary/aromatic N) is 2. The number of nitro benzene ring substituents is 1. The molecule has 1 atom stereocenters. The minimum atomic E-state index is -3.73. The molecule has 0 N–H and O–H groups in total. The van der Waals surface area contributed by atoms with Crippen LogP contribution in [0.25, 0.3) is 0 Å². The highest BCUT2D eigenvalue weighted by atomic mass is 32.2. The number of benzene rings is 1. The summed E-state index contributed by atoms with van der Waals surface area (Å²) in [5.74, 6) is 0. The van der Waals surface area contributed by atoms with Gasteiger partial charge in [0.2, 0.25) is 10.0 Å². The van der Waals surface area contributed by atoms with Crippen LogP contribution >= 0.6 is 11.3 Å². The molecule has 0 amide bonds. The molecule has 0 spiro atoms. The van der Waals surface area contributed by atoms with E-state index in [1.807, 2.05) is 17.5 Å². The van der Waals surface area contributed by atoms with Gasteiger partial charge in [0, 0.05) is 23.6 Å². The van der Waals surface area contributed by atoms with Gasteiger partial charge < -0.3 is 0 Å². The smallest absolute Gasteiger partial charge is 0.258 e. The second kappa shape index (κ2) is 5.79. The molecule has 22 heavy (non-hydrogen) atoms. The van der Waals surface area contributed by atoms with E-state index in [0.29, 0.717) is 6.54 Å². The second-order valence-corrected chi connectivity index (χ2v) is 7.91. The molecule has 1 aromatic heterocycles. The van der Waals surface area contributed by atoms with Crippen LogP contribution in [0.1, 0.15) is 23.8 Å². The van der Waals surface area contributed by atoms with Crippen LogP contribution in [0, 0.1) is 10.1 Å². The summed E-state index contributed by atoms with van der Waals surface area (Å²) in [6.45, 7) is 0.438. The van der Waals surface area contributed by atoms with Crippen molar-refractivity contribution in [2.24, 2.45) is 0 Å². The summed E-state index contributed by atoms with van der Waals surface area (Å²) >= 11 is 1.53. The Morgan fingerprint density at radius 2 is 2.09 bits per heavy atom. The Kier molecular flexibility index (Phi) is 3.98. The van der Waals surface area contributed by atoms with Gasteiger partial charge in [-0.15, -0.1) is 11.3 Å². The molecule has 8 heteroatoms. The molecule has 2 heterocycles. The third-order valence-electron chi connectivity index (χ3n) is 3.71. The van der Waals surface area contributed by atoms with E-state index >= 15 is 0 Å². The summed E-state index contributed by atoms with van der Waals surface area (Å²) in [6, 6.07) is 8.88. The Bertz CT molecular complexity index is 787. The third-order valence-corrected chi connectivity index (χ3v) is 6.59. The fraction of sp³-hybridized carbons (Fsp3) is 0.286. The molecule has 1 saturated heterocycles. The average Bonchev–Trinajstić information content (AvgIpc) is 3.18. The second-order valence-electron chi connectivity index (χ2n) is 5.04. The van der Waals surface area contributed by atoms with Crippen molar-refractivity contribution in [2.75, 3.05) is 6.54 Å². The zero-order valence-electron chi connectivity index (χ0n) is 11.6. The number of hydrogen-bond acceptors (Lipinski definition) is 5. The minimum absolute atomic E-state index is 0.0230. The molecule has 1 aliphatic rings. The van der Waals surface area contributed by atoms with Crippen LogP contribution in [-0.2, 0) is 10.0 Å². The first-order valence-electron chi connectivity index (χ1n) is 6.80. The number of sulfonamides is 1. The van der Waals surface area contributed by atoms with Gasteiger partial charge in [-0.1, -0.05) is 12.1 Å². The lowest BCUT2D eigenvalue weighted by atomic mass is 10.2. The highest BCUT2D eigenvalue weighted by Crippen LogP contribution is 2.38. The normalized spacial score (nSPS) is 19.4. The minimum Gasteiger partial charge on any atom is -0.258 e. The standard InChI is InChI=1S/C14H14N2O4S2/c17-16(18)11-4-1-5-12(10-11)22(19,20)15-8-2-6-13(15)14-7-3-9-21-14/h1,3-5,7,9-10,13H,2,6,8H2. The largest absolute Gasteiger partial charge is 0.270 e. The number of nitro groups is 1. The molecule has 6 nitrogen and oxygen atoms in total. The first-order chi connectivity index (χ1) is 10.5. The van der Waals surface area contributed by atoms with Crippen LogP contribution in [0.2, 0.25) is 0 Å². The van der Waals surface area contributed by atoms with Crippen molar-refractivity contribution in [3.63, 3.8) is 0 Å². The van der Waals surface area contributed by atoms with Crippen molar-refractivity contribution in [1.29, 1.82) is 0 Å². The first-order valence-corrected chi connectivity index (χ1v) is 9.12. The molecule has 0 aliphatic carbocycles. The monoisotopic (exact) mass is 338 g/mol. The zero-order valence-corrected chi connectivity index (χ0v) is 13.2. The van der Waals surface area contributed by atoms with E-state index in [0.717, 1.165) is 23.8 Å². The van der Waals surface area contributed by atoms with Gasteiger partial charge in [0.1, 0.15) is 0 Å². The fourth-order valence-corrected chi connectivity index (χ4v) is 5.34. The topological polar surface area (TPSA) is 80.5 Å². The number of non-ortho nitro benzene ring substituents is 1. The van der Waals surface area contributed by atoms with E-state index in [2.05, 4.69) is 0 Å². The van der Waals surface area contributed by atoms with Crippen molar-refractivity contribution < 1.29 is 13.3 Å². The molecule has 0 saturated carbocycles. The van der Waals surface area contributed by atoms with Crippen LogP contribution in [0.3, 0.4) is 0 Å². The molecular weight excluding hydrogens is 324 g/mol. The number of rotatable bonds is 4. The Labute approximate surface area is 132 Å². The van der Waals surface area contributed by atoms with Gasteiger partial charge in [-0.05, 0) is 30.4 Å².